The minimum absolute atomic E-state index is 0.0718. The molecule has 1 amide bonds. The molecule has 0 aromatic heterocycles. The van der Waals surface area contributed by atoms with Crippen molar-refractivity contribution in [2.45, 2.75) is 32.7 Å². The first-order valence-electron chi connectivity index (χ1n) is 6.43. The number of nitriles is 1. The lowest BCUT2D eigenvalue weighted by molar-refractivity contribution is -0.134. The highest BCUT2D eigenvalue weighted by Crippen LogP contribution is 2.23. The third-order valence-corrected chi connectivity index (χ3v) is 3.56. The third-order valence-electron chi connectivity index (χ3n) is 3.31. The molecular formula is C15H19ClN2O. The molecule has 2 unspecified atom stereocenters. The largest absolute Gasteiger partial charge is 0.338 e. The average Bonchev–Trinajstić information content (AvgIpc) is 2.43. The van der Waals surface area contributed by atoms with Crippen LogP contribution in [0.5, 0.6) is 0 Å². The van der Waals surface area contributed by atoms with Crippen LogP contribution in [0.4, 0.5) is 0 Å². The Hall–Kier alpha value is -1.53. The standard InChI is InChI=1S/C15H19ClN2O/c1-4-5-13(10-17)15(19)18(3)11(2)12-6-8-14(16)9-7-12/h6-9,11,13H,4-5H2,1-3H3. The fourth-order valence-corrected chi connectivity index (χ4v) is 2.06. The fourth-order valence-electron chi connectivity index (χ4n) is 1.93. The number of carbonyl (C=O) groups excluding carboxylic acids is 1. The Morgan fingerprint density at radius 1 is 1.42 bits per heavy atom. The van der Waals surface area contributed by atoms with Crippen molar-refractivity contribution in [2.24, 2.45) is 5.92 Å². The van der Waals surface area contributed by atoms with E-state index in [1.807, 2.05) is 26.0 Å². The van der Waals surface area contributed by atoms with Crippen LogP contribution < -0.4 is 0 Å². The predicted octanol–water partition coefficient (Wildman–Crippen LogP) is 3.80. The highest BCUT2D eigenvalue weighted by molar-refractivity contribution is 6.30. The van der Waals surface area contributed by atoms with Crippen LogP contribution in [-0.4, -0.2) is 17.9 Å². The molecule has 0 saturated carbocycles. The Morgan fingerprint density at radius 2 is 2.00 bits per heavy atom. The van der Waals surface area contributed by atoms with E-state index in [1.165, 1.54) is 0 Å². The number of halogens is 1. The summed E-state index contributed by atoms with van der Waals surface area (Å²) >= 11 is 5.85. The van der Waals surface area contributed by atoms with E-state index >= 15 is 0 Å². The van der Waals surface area contributed by atoms with Crippen molar-refractivity contribution in [3.8, 4) is 6.07 Å². The van der Waals surface area contributed by atoms with Crippen LogP contribution in [0.1, 0.15) is 38.3 Å². The second-order valence-electron chi connectivity index (χ2n) is 4.65. The second kappa shape index (κ2) is 7.16. The van der Waals surface area contributed by atoms with Gasteiger partial charge < -0.3 is 4.90 Å². The number of hydrogen-bond acceptors (Lipinski definition) is 2. The van der Waals surface area contributed by atoms with Gasteiger partial charge in [-0.25, -0.2) is 0 Å². The highest BCUT2D eigenvalue weighted by Gasteiger charge is 2.24. The van der Waals surface area contributed by atoms with E-state index in [-0.39, 0.29) is 11.9 Å². The molecule has 0 spiro atoms. The number of nitrogens with zero attached hydrogens (tertiary/aromatic N) is 2. The maximum atomic E-state index is 12.2. The van der Waals surface area contributed by atoms with Crippen LogP contribution in [0.25, 0.3) is 0 Å². The summed E-state index contributed by atoms with van der Waals surface area (Å²) in [5.41, 5.74) is 1.01. The number of hydrogen-bond donors (Lipinski definition) is 0. The topological polar surface area (TPSA) is 44.1 Å². The average molecular weight is 279 g/mol. The molecule has 3 nitrogen and oxygen atoms in total. The van der Waals surface area contributed by atoms with Gasteiger partial charge in [0.2, 0.25) is 5.91 Å². The smallest absolute Gasteiger partial charge is 0.240 e. The molecule has 0 N–H and O–H groups in total. The Kier molecular flexibility index (Phi) is 5.85. The minimum atomic E-state index is -0.551. The Bertz CT molecular complexity index is 464. The van der Waals surface area contributed by atoms with Crippen molar-refractivity contribution in [3.05, 3.63) is 34.9 Å². The minimum Gasteiger partial charge on any atom is -0.338 e. The van der Waals surface area contributed by atoms with Crippen molar-refractivity contribution in [1.82, 2.24) is 4.90 Å². The molecule has 19 heavy (non-hydrogen) atoms. The maximum absolute atomic E-state index is 12.2. The number of rotatable bonds is 5. The van der Waals surface area contributed by atoms with Gasteiger partial charge in [-0.2, -0.15) is 5.26 Å². The zero-order valence-electron chi connectivity index (χ0n) is 11.6. The summed E-state index contributed by atoms with van der Waals surface area (Å²) in [7, 11) is 1.74. The van der Waals surface area contributed by atoms with Gasteiger partial charge in [-0.1, -0.05) is 37.1 Å². The Labute approximate surface area is 119 Å². The van der Waals surface area contributed by atoms with Gasteiger partial charge in [0.25, 0.3) is 0 Å². The molecule has 0 radical (unpaired) electrons. The molecule has 0 saturated heterocycles. The van der Waals surface area contributed by atoms with E-state index in [4.69, 9.17) is 16.9 Å². The van der Waals surface area contributed by atoms with Gasteiger partial charge in [0.1, 0.15) is 5.92 Å². The maximum Gasteiger partial charge on any atom is 0.240 e. The number of amides is 1. The van der Waals surface area contributed by atoms with E-state index in [0.717, 1.165) is 12.0 Å². The van der Waals surface area contributed by atoms with E-state index in [9.17, 15) is 4.79 Å². The van der Waals surface area contributed by atoms with Crippen LogP contribution in [0.15, 0.2) is 24.3 Å². The highest BCUT2D eigenvalue weighted by atomic mass is 35.5. The van der Waals surface area contributed by atoms with Gasteiger partial charge in [-0.15, -0.1) is 0 Å². The van der Waals surface area contributed by atoms with Gasteiger partial charge in [-0.3, -0.25) is 4.79 Å². The van der Waals surface area contributed by atoms with Crippen molar-refractivity contribution < 1.29 is 4.79 Å². The van der Waals surface area contributed by atoms with Crippen LogP contribution in [0, 0.1) is 17.2 Å². The van der Waals surface area contributed by atoms with Gasteiger partial charge in [0.05, 0.1) is 12.1 Å². The summed E-state index contributed by atoms with van der Waals surface area (Å²) in [6.45, 7) is 3.92. The molecule has 0 bridgehead atoms. The Balaban J connectivity index is 2.81. The first-order valence-corrected chi connectivity index (χ1v) is 6.80. The lowest BCUT2D eigenvalue weighted by atomic mass is 10.0. The molecule has 0 aliphatic carbocycles. The summed E-state index contributed by atoms with van der Waals surface area (Å²) < 4.78 is 0. The van der Waals surface area contributed by atoms with Gasteiger partial charge in [0.15, 0.2) is 0 Å². The van der Waals surface area contributed by atoms with Gasteiger partial charge >= 0.3 is 0 Å². The van der Waals surface area contributed by atoms with Crippen molar-refractivity contribution in [2.75, 3.05) is 7.05 Å². The van der Waals surface area contributed by atoms with Crippen LogP contribution >= 0.6 is 11.6 Å². The first-order chi connectivity index (χ1) is 9.01. The third kappa shape index (κ3) is 3.97. The molecule has 0 aliphatic rings. The first kappa shape index (κ1) is 15.5. The fraction of sp³-hybridized carbons (Fsp3) is 0.467. The quantitative estimate of drug-likeness (QED) is 0.822. The predicted molar refractivity (Wildman–Crippen MR) is 76.6 cm³/mol. The lowest BCUT2D eigenvalue weighted by Crippen LogP contribution is -2.34. The zero-order valence-corrected chi connectivity index (χ0v) is 12.3. The normalized spacial score (nSPS) is 13.4. The summed E-state index contributed by atoms with van der Waals surface area (Å²) in [5.74, 6) is -0.670. The van der Waals surface area contributed by atoms with Crippen molar-refractivity contribution >= 4 is 17.5 Å². The molecule has 1 aromatic carbocycles. The summed E-state index contributed by atoms with van der Waals surface area (Å²) in [4.78, 5) is 13.9. The molecule has 102 valence electrons. The molecule has 1 aromatic rings. The van der Waals surface area contributed by atoms with Crippen LogP contribution in [-0.2, 0) is 4.79 Å². The second-order valence-corrected chi connectivity index (χ2v) is 5.08. The van der Waals surface area contributed by atoms with E-state index < -0.39 is 5.92 Å². The number of carbonyl (C=O) groups is 1. The molecule has 4 heteroatoms. The molecule has 0 fully saturated rings. The molecule has 2 atom stereocenters. The van der Waals surface area contributed by atoms with Gasteiger partial charge in [0, 0.05) is 12.1 Å². The van der Waals surface area contributed by atoms with E-state index in [1.54, 1.807) is 24.1 Å². The van der Waals surface area contributed by atoms with Crippen LogP contribution in [0.2, 0.25) is 5.02 Å². The molecule has 0 aliphatic heterocycles. The molecule has 1 rings (SSSR count). The SMILES string of the molecule is CCCC(C#N)C(=O)N(C)C(C)c1ccc(Cl)cc1. The Morgan fingerprint density at radius 3 is 2.47 bits per heavy atom. The van der Waals surface area contributed by atoms with Crippen molar-refractivity contribution in [1.29, 1.82) is 5.26 Å². The summed E-state index contributed by atoms with van der Waals surface area (Å²) in [6.07, 6.45) is 1.43. The summed E-state index contributed by atoms with van der Waals surface area (Å²) in [5, 5.41) is 9.72. The molecular weight excluding hydrogens is 260 g/mol. The van der Waals surface area contributed by atoms with Crippen LogP contribution in [0.3, 0.4) is 0 Å². The molecule has 0 heterocycles. The monoisotopic (exact) mass is 278 g/mol. The number of benzene rings is 1. The van der Waals surface area contributed by atoms with Gasteiger partial charge in [-0.05, 0) is 31.0 Å². The summed E-state index contributed by atoms with van der Waals surface area (Å²) in [6, 6.07) is 9.43. The lowest BCUT2D eigenvalue weighted by Gasteiger charge is -2.27. The van der Waals surface area contributed by atoms with E-state index in [2.05, 4.69) is 6.07 Å². The van der Waals surface area contributed by atoms with Crippen molar-refractivity contribution in [3.63, 3.8) is 0 Å². The zero-order chi connectivity index (χ0) is 14.4. The van der Waals surface area contributed by atoms with E-state index in [0.29, 0.717) is 11.4 Å².